The summed E-state index contributed by atoms with van der Waals surface area (Å²) < 4.78 is 12.5. The summed E-state index contributed by atoms with van der Waals surface area (Å²) >= 11 is 13.3. The van der Waals surface area contributed by atoms with Crippen LogP contribution in [0.15, 0.2) is 101 Å². The molecule has 1 N–H and O–H groups in total. The maximum Gasteiger partial charge on any atom is 0.337 e. The third kappa shape index (κ3) is 8.83. The van der Waals surface area contributed by atoms with Gasteiger partial charge in [0.15, 0.2) is 0 Å². The second kappa shape index (κ2) is 16.3. The number of esters is 2. The van der Waals surface area contributed by atoms with Crippen molar-refractivity contribution in [2.24, 2.45) is 11.8 Å². The van der Waals surface area contributed by atoms with E-state index in [4.69, 9.17) is 32.7 Å². The topological polar surface area (TPSA) is 64.6 Å². The Hall–Kier alpha value is -3.54. The number of allylic oxidation sites excluding steroid dienone is 2. The van der Waals surface area contributed by atoms with Crippen molar-refractivity contribution < 1.29 is 19.1 Å². The first-order valence-electron chi connectivity index (χ1n) is 16.1. The Morgan fingerprint density at radius 3 is 1.52 bits per heavy atom. The van der Waals surface area contributed by atoms with E-state index in [1.54, 1.807) is 18.2 Å². The molecule has 3 aromatic carbocycles. The molecule has 0 radical (unpaired) electrons. The van der Waals surface area contributed by atoms with Gasteiger partial charge in [-0.2, -0.15) is 0 Å². The third-order valence-corrected chi connectivity index (χ3v) is 9.45. The number of hydrogen-bond donors (Lipinski definition) is 1. The van der Waals surface area contributed by atoms with E-state index in [9.17, 15) is 9.59 Å². The van der Waals surface area contributed by atoms with E-state index in [0.29, 0.717) is 46.0 Å². The summed E-state index contributed by atoms with van der Waals surface area (Å²) in [5.74, 6) is -1.68. The number of carbonyl (C=O) groups excluding carboxylic acids is 2. The standard InChI is InChI=1S/C39H45Cl2NO4/c1-24(2)32(22-20-28-14-9-7-10-15-28)45-38(43)34-26(5)42-27(6)35(36(34)30-18-13-19-31(40)37(30)41)39(44)46-33(25(3)4)23-21-29-16-11-8-12-17-29/h7-19,24-25,32-33,36,42H,20-23H2,1-6H3. The van der Waals surface area contributed by atoms with Gasteiger partial charge in [0.2, 0.25) is 0 Å². The molecule has 2 atom stereocenters. The monoisotopic (exact) mass is 661 g/mol. The maximum atomic E-state index is 14.2. The normalized spacial score (nSPS) is 16.3. The Morgan fingerprint density at radius 1 is 0.674 bits per heavy atom. The summed E-state index contributed by atoms with van der Waals surface area (Å²) in [5, 5.41) is 3.89. The molecule has 2 unspecified atom stereocenters. The minimum absolute atomic E-state index is 0.0801. The van der Waals surface area contributed by atoms with Gasteiger partial charge in [0.1, 0.15) is 12.2 Å². The molecule has 1 heterocycles. The van der Waals surface area contributed by atoms with Crippen molar-refractivity contribution in [2.45, 2.75) is 85.4 Å². The van der Waals surface area contributed by atoms with E-state index in [2.05, 4.69) is 29.6 Å². The summed E-state index contributed by atoms with van der Waals surface area (Å²) in [6.07, 6.45) is 2.19. The zero-order valence-electron chi connectivity index (χ0n) is 27.6. The second-order valence-electron chi connectivity index (χ2n) is 12.7. The lowest BCUT2D eigenvalue weighted by atomic mass is 9.80. The van der Waals surface area contributed by atoms with Gasteiger partial charge in [-0.3, -0.25) is 0 Å². The molecule has 0 aromatic heterocycles. The lowest BCUT2D eigenvalue weighted by Crippen LogP contribution is -2.36. The van der Waals surface area contributed by atoms with Crippen molar-refractivity contribution in [1.82, 2.24) is 5.32 Å². The molecule has 244 valence electrons. The van der Waals surface area contributed by atoms with E-state index in [-0.39, 0.29) is 29.1 Å². The number of ether oxygens (including phenoxy) is 2. The molecule has 0 saturated heterocycles. The van der Waals surface area contributed by atoms with Crippen LogP contribution in [0.4, 0.5) is 0 Å². The van der Waals surface area contributed by atoms with Crippen molar-refractivity contribution >= 4 is 35.1 Å². The predicted molar refractivity (Wildman–Crippen MR) is 187 cm³/mol. The van der Waals surface area contributed by atoms with Gasteiger partial charge in [-0.05, 0) is 74.1 Å². The zero-order valence-corrected chi connectivity index (χ0v) is 29.1. The molecular weight excluding hydrogens is 617 g/mol. The lowest BCUT2D eigenvalue weighted by Gasteiger charge is -2.33. The highest BCUT2D eigenvalue weighted by atomic mass is 35.5. The Morgan fingerprint density at radius 2 is 1.11 bits per heavy atom. The molecular formula is C39H45Cl2NO4. The summed E-state index contributed by atoms with van der Waals surface area (Å²) in [7, 11) is 0. The second-order valence-corrected chi connectivity index (χ2v) is 13.5. The molecule has 1 aliphatic heterocycles. The van der Waals surface area contributed by atoms with E-state index in [1.807, 2.05) is 77.9 Å². The predicted octanol–water partition coefficient (Wildman–Crippen LogP) is 9.63. The zero-order chi connectivity index (χ0) is 33.4. The van der Waals surface area contributed by atoms with Crippen LogP contribution >= 0.6 is 23.2 Å². The number of aryl methyl sites for hydroxylation is 2. The lowest BCUT2D eigenvalue weighted by molar-refractivity contribution is -0.148. The van der Waals surface area contributed by atoms with Gasteiger partial charge in [-0.15, -0.1) is 0 Å². The first-order valence-corrected chi connectivity index (χ1v) is 16.9. The average molecular weight is 663 g/mol. The Bertz CT molecular complexity index is 1470. The van der Waals surface area contributed by atoms with Gasteiger partial charge >= 0.3 is 11.9 Å². The van der Waals surface area contributed by atoms with Crippen molar-refractivity contribution in [2.75, 3.05) is 0 Å². The van der Waals surface area contributed by atoms with Crippen LogP contribution in [-0.4, -0.2) is 24.1 Å². The minimum Gasteiger partial charge on any atom is -0.459 e. The first-order chi connectivity index (χ1) is 22.0. The Kier molecular flexibility index (Phi) is 12.5. The van der Waals surface area contributed by atoms with Crippen molar-refractivity contribution in [3.63, 3.8) is 0 Å². The summed E-state index contributed by atoms with van der Waals surface area (Å²) in [5.41, 5.74) is 4.72. The van der Waals surface area contributed by atoms with Crippen molar-refractivity contribution in [1.29, 1.82) is 0 Å². The molecule has 0 spiro atoms. The smallest absolute Gasteiger partial charge is 0.337 e. The van der Waals surface area contributed by atoms with Crippen LogP contribution in [0.3, 0.4) is 0 Å². The number of carbonyl (C=O) groups is 2. The van der Waals surface area contributed by atoms with Crippen LogP contribution < -0.4 is 5.32 Å². The number of benzene rings is 3. The van der Waals surface area contributed by atoms with Crippen LogP contribution in [0.2, 0.25) is 10.0 Å². The van der Waals surface area contributed by atoms with Gasteiger partial charge in [0.25, 0.3) is 0 Å². The number of nitrogens with one attached hydrogen (secondary N) is 1. The van der Waals surface area contributed by atoms with Gasteiger partial charge in [0, 0.05) is 11.4 Å². The number of rotatable bonds is 13. The average Bonchev–Trinajstić information content (AvgIpc) is 3.02. The van der Waals surface area contributed by atoms with Crippen molar-refractivity contribution in [3.05, 3.63) is 128 Å². The number of dihydropyridines is 1. The fraction of sp³-hybridized carbons (Fsp3) is 0.385. The van der Waals surface area contributed by atoms with Gasteiger partial charge < -0.3 is 14.8 Å². The molecule has 1 aliphatic rings. The SMILES string of the molecule is CC1=C(C(=O)OC(CCc2ccccc2)C(C)C)C(c2cccc(Cl)c2Cl)C(C(=O)OC(CCc2ccccc2)C(C)C)=C(C)N1. The fourth-order valence-electron chi connectivity index (χ4n) is 5.96. The summed E-state index contributed by atoms with van der Waals surface area (Å²) in [4.78, 5) is 28.4. The molecule has 0 aliphatic carbocycles. The molecule has 4 rings (SSSR count). The molecule has 3 aromatic rings. The molecule has 0 amide bonds. The number of hydrogen-bond acceptors (Lipinski definition) is 5. The summed E-state index contributed by atoms with van der Waals surface area (Å²) in [6.45, 7) is 11.8. The Balaban J connectivity index is 1.66. The largest absolute Gasteiger partial charge is 0.459 e. The minimum atomic E-state index is -0.837. The third-order valence-electron chi connectivity index (χ3n) is 8.62. The van der Waals surface area contributed by atoms with E-state index in [0.717, 1.165) is 12.8 Å². The Labute approximate surface area is 284 Å². The van der Waals surface area contributed by atoms with Crippen LogP contribution in [-0.2, 0) is 31.9 Å². The summed E-state index contributed by atoms with van der Waals surface area (Å²) in [6, 6.07) is 25.6. The van der Waals surface area contributed by atoms with E-state index in [1.165, 1.54) is 11.1 Å². The molecule has 5 nitrogen and oxygen atoms in total. The molecule has 0 fully saturated rings. The maximum absolute atomic E-state index is 14.2. The molecule has 7 heteroatoms. The van der Waals surface area contributed by atoms with Crippen LogP contribution in [0.25, 0.3) is 0 Å². The van der Waals surface area contributed by atoms with E-state index < -0.39 is 17.9 Å². The van der Waals surface area contributed by atoms with Gasteiger partial charge in [0.05, 0.1) is 27.1 Å². The van der Waals surface area contributed by atoms with Crippen LogP contribution in [0.1, 0.15) is 77.0 Å². The first kappa shape index (κ1) is 35.3. The fourth-order valence-corrected chi connectivity index (χ4v) is 6.37. The van der Waals surface area contributed by atoms with Gasteiger partial charge in [-0.25, -0.2) is 9.59 Å². The van der Waals surface area contributed by atoms with E-state index >= 15 is 0 Å². The molecule has 0 saturated carbocycles. The van der Waals surface area contributed by atoms with Crippen LogP contribution in [0, 0.1) is 11.8 Å². The highest BCUT2D eigenvalue weighted by Crippen LogP contribution is 2.44. The number of halogens is 2. The van der Waals surface area contributed by atoms with Crippen molar-refractivity contribution in [3.8, 4) is 0 Å². The van der Waals surface area contributed by atoms with Crippen LogP contribution in [0.5, 0.6) is 0 Å². The highest BCUT2D eigenvalue weighted by molar-refractivity contribution is 6.42. The van der Waals surface area contributed by atoms with Gasteiger partial charge in [-0.1, -0.05) is 124 Å². The quantitative estimate of drug-likeness (QED) is 0.185. The molecule has 46 heavy (non-hydrogen) atoms. The highest BCUT2D eigenvalue weighted by Gasteiger charge is 2.41. The molecule has 0 bridgehead atoms.